The number of carbonyl (C=O) groups is 2. The maximum Gasteiger partial charge on any atom is 0.272 e. The van der Waals surface area contributed by atoms with Crippen molar-refractivity contribution in [1.29, 1.82) is 0 Å². The fraction of sp³-hybridized carbons (Fsp3) is 0.429. The second-order valence-electron chi connectivity index (χ2n) is 5.19. The van der Waals surface area contributed by atoms with E-state index in [1.807, 2.05) is 5.38 Å². The van der Waals surface area contributed by atoms with E-state index in [-0.39, 0.29) is 11.8 Å². The SMILES string of the molecule is Cn1nccc1C(=O)N1CCCC1C(=O)NCc1cscn1. The third-order valence-corrected chi connectivity index (χ3v) is 4.42. The molecule has 1 aliphatic rings. The van der Waals surface area contributed by atoms with Crippen LogP contribution in [0.4, 0.5) is 0 Å². The van der Waals surface area contributed by atoms with E-state index in [0.717, 1.165) is 12.1 Å². The fourth-order valence-electron chi connectivity index (χ4n) is 2.63. The van der Waals surface area contributed by atoms with Crippen LogP contribution in [0.5, 0.6) is 0 Å². The Labute approximate surface area is 132 Å². The molecule has 0 bridgehead atoms. The molecular weight excluding hydrogens is 302 g/mol. The van der Waals surface area contributed by atoms with E-state index in [9.17, 15) is 9.59 Å². The van der Waals surface area contributed by atoms with Gasteiger partial charge in [0.1, 0.15) is 11.7 Å². The van der Waals surface area contributed by atoms with Gasteiger partial charge in [0.05, 0.1) is 17.7 Å². The Hall–Kier alpha value is -2.22. The van der Waals surface area contributed by atoms with Gasteiger partial charge in [0.2, 0.25) is 5.91 Å². The number of likely N-dealkylation sites (tertiary alicyclic amines) is 1. The van der Waals surface area contributed by atoms with Crippen molar-refractivity contribution in [3.63, 3.8) is 0 Å². The molecule has 7 nitrogen and oxygen atoms in total. The van der Waals surface area contributed by atoms with E-state index in [1.165, 1.54) is 16.0 Å². The van der Waals surface area contributed by atoms with Crippen molar-refractivity contribution in [1.82, 2.24) is 25.0 Å². The van der Waals surface area contributed by atoms with Crippen molar-refractivity contribution in [2.75, 3.05) is 6.54 Å². The number of thiazole rings is 1. The van der Waals surface area contributed by atoms with Crippen LogP contribution in [0.1, 0.15) is 29.0 Å². The minimum Gasteiger partial charge on any atom is -0.349 e. The molecule has 1 N–H and O–H groups in total. The van der Waals surface area contributed by atoms with Crippen molar-refractivity contribution in [3.05, 3.63) is 34.5 Å². The highest BCUT2D eigenvalue weighted by atomic mass is 32.1. The van der Waals surface area contributed by atoms with Gasteiger partial charge in [-0.1, -0.05) is 0 Å². The molecule has 0 aromatic carbocycles. The monoisotopic (exact) mass is 319 g/mol. The Balaban J connectivity index is 1.66. The molecule has 1 atom stereocenters. The highest BCUT2D eigenvalue weighted by molar-refractivity contribution is 7.07. The van der Waals surface area contributed by atoms with Gasteiger partial charge in [-0.05, 0) is 18.9 Å². The number of aromatic nitrogens is 3. The molecule has 1 aliphatic heterocycles. The normalized spacial score (nSPS) is 17.7. The molecule has 0 radical (unpaired) electrons. The number of carbonyl (C=O) groups excluding carboxylic acids is 2. The lowest BCUT2D eigenvalue weighted by Crippen LogP contribution is -2.46. The Kier molecular flexibility index (Phi) is 4.19. The van der Waals surface area contributed by atoms with Crippen LogP contribution >= 0.6 is 11.3 Å². The summed E-state index contributed by atoms with van der Waals surface area (Å²) >= 11 is 1.49. The van der Waals surface area contributed by atoms with Crippen LogP contribution in [0, 0.1) is 0 Å². The van der Waals surface area contributed by atoms with Crippen molar-refractivity contribution in [2.24, 2.45) is 7.05 Å². The zero-order chi connectivity index (χ0) is 15.5. The highest BCUT2D eigenvalue weighted by Gasteiger charge is 2.35. The van der Waals surface area contributed by atoms with Crippen LogP contribution < -0.4 is 5.32 Å². The van der Waals surface area contributed by atoms with E-state index >= 15 is 0 Å². The number of rotatable bonds is 4. The van der Waals surface area contributed by atoms with Crippen LogP contribution in [0.3, 0.4) is 0 Å². The maximum absolute atomic E-state index is 12.6. The summed E-state index contributed by atoms with van der Waals surface area (Å²) in [7, 11) is 1.72. The summed E-state index contributed by atoms with van der Waals surface area (Å²) in [6, 6.07) is 1.26. The van der Waals surface area contributed by atoms with E-state index < -0.39 is 6.04 Å². The van der Waals surface area contributed by atoms with Gasteiger partial charge >= 0.3 is 0 Å². The van der Waals surface area contributed by atoms with Gasteiger partial charge in [-0.15, -0.1) is 11.3 Å². The zero-order valence-electron chi connectivity index (χ0n) is 12.2. The molecule has 116 valence electrons. The number of amides is 2. The van der Waals surface area contributed by atoms with E-state index in [2.05, 4.69) is 15.4 Å². The largest absolute Gasteiger partial charge is 0.349 e. The second kappa shape index (κ2) is 6.27. The summed E-state index contributed by atoms with van der Waals surface area (Å²) in [6.45, 7) is 0.991. The van der Waals surface area contributed by atoms with Gasteiger partial charge < -0.3 is 10.2 Å². The predicted molar refractivity (Wildman–Crippen MR) is 81.2 cm³/mol. The minimum absolute atomic E-state index is 0.124. The average molecular weight is 319 g/mol. The third-order valence-electron chi connectivity index (χ3n) is 3.78. The average Bonchev–Trinajstić information content (AvgIpc) is 3.25. The molecule has 1 saturated heterocycles. The first-order valence-corrected chi connectivity index (χ1v) is 8.05. The number of aryl methyl sites for hydroxylation is 1. The summed E-state index contributed by atoms with van der Waals surface area (Å²) in [6.07, 6.45) is 3.10. The number of hydrogen-bond donors (Lipinski definition) is 1. The Morgan fingerprint density at radius 2 is 2.36 bits per heavy atom. The van der Waals surface area contributed by atoms with E-state index in [4.69, 9.17) is 0 Å². The first-order valence-electron chi connectivity index (χ1n) is 7.10. The number of hydrogen-bond acceptors (Lipinski definition) is 5. The zero-order valence-corrected chi connectivity index (χ0v) is 13.0. The van der Waals surface area contributed by atoms with Gasteiger partial charge in [0, 0.05) is 25.2 Å². The molecule has 22 heavy (non-hydrogen) atoms. The summed E-state index contributed by atoms with van der Waals surface area (Å²) in [5, 5.41) is 8.77. The molecule has 2 aromatic rings. The van der Waals surface area contributed by atoms with Crippen molar-refractivity contribution in [3.8, 4) is 0 Å². The lowest BCUT2D eigenvalue weighted by atomic mass is 10.2. The molecule has 3 rings (SSSR count). The molecule has 3 heterocycles. The molecule has 2 aromatic heterocycles. The van der Waals surface area contributed by atoms with Crippen LogP contribution in [-0.4, -0.2) is 44.1 Å². The molecule has 0 saturated carbocycles. The quantitative estimate of drug-likeness (QED) is 0.904. The maximum atomic E-state index is 12.6. The van der Waals surface area contributed by atoms with Crippen LogP contribution in [0.25, 0.3) is 0 Å². The number of nitrogens with zero attached hydrogens (tertiary/aromatic N) is 4. The summed E-state index contributed by atoms with van der Waals surface area (Å²) in [5.41, 5.74) is 3.06. The highest BCUT2D eigenvalue weighted by Crippen LogP contribution is 2.20. The smallest absolute Gasteiger partial charge is 0.272 e. The lowest BCUT2D eigenvalue weighted by molar-refractivity contribution is -0.125. The summed E-state index contributed by atoms with van der Waals surface area (Å²) < 4.78 is 1.53. The van der Waals surface area contributed by atoms with Crippen LogP contribution in [0.2, 0.25) is 0 Å². The van der Waals surface area contributed by atoms with Gasteiger partial charge in [0.15, 0.2) is 0 Å². The molecular formula is C14H17N5O2S. The first kappa shape index (κ1) is 14.7. The standard InChI is InChI=1S/C14H17N5O2S/c1-18-12(4-5-17-18)14(21)19-6-2-3-11(19)13(20)15-7-10-8-22-9-16-10/h4-5,8-9,11H,2-3,6-7H2,1H3,(H,15,20). The Bertz CT molecular complexity index is 667. The predicted octanol–water partition coefficient (Wildman–Crippen LogP) is 0.798. The number of nitrogens with one attached hydrogen (secondary N) is 1. The van der Waals surface area contributed by atoms with Gasteiger partial charge in [-0.3, -0.25) is 14.3 Å². The van der Waals surface area contributed by atoms with Crippen molar-refractivity contribution < 1.29 is 9.59 Å². The van der Waals surface area contributed by atoms with Gasteiger partial charge in [-0.2, -0.15) is 5.10 Å². The third kappa shape index (κ3) is 2.87. The van der Waals surface area contributed by atoms with Gasteiger partial charge in [0.25, 0.3) is 5.91 Å². The van der Waals surface area contributed by atoms with Gasteiger partial charge in [-0.25, -0.2) is 4.98 Å². The molecule has 0 spiro atoms. The Morgan fingerprint density at radius 1 is 1.50 bits per heavy atom. The molecule has 8 heteroatoms. The first-order chi connectivity index (χ1) is 10.7. The van der Waals surface area contributed by atoms with Crippen LogP contribution in [-0.2, 0) is 18.4 Å². The fourth-order valence-corrected chi connectivity index (χ4v) is 3.19. The van der Waals surface area contributed by atoms with Crippen LogP contribution in [0.15, 0.2) is 23.2 Å². The van der Waals surface area contributed by atoms with Crippen molar-refractivity contribution in [2.45, 2.75) is 25.4 Å². The minimum atomic E-state index is -0.416. The summed E-state index contributed by atoms with van der Waals surface area (Å²) in [4.78, 5) is 30.7. The molecule has 1 fully saturated rings. The lowest BCUT2D eigenvalue weighted by Gasteiger charge is -2.23. The molecule has 1 unspecified atom stereocenters. The topological polar surface area (TPSA) is 80.1 Å². The second-order valence-corrected chi connectivity index (χ2v) is 5.91. The molecule has 0 aliphatic carbocycles. The molecule has 2 amide bonds. The van der Waals surface area contributed by atoms with E-state index in [0.29, 0.717) is 25.2 Å². The summed E-state index contributed by atoms with van der Waals surface area (Å²) in [5.74, 6) is -0.271. The van der Waals surface area contributed by atoms with Crippen molar-refractivity contribution >= 4 is 23.2 Å². The van der Waals surface area contributed by atoms with E-state index in [1.54, 1.807) is 29.7 Å². The Morgan fingerprint density at radius 3 is 3.05 bits per heavy atom.